The van der Waals surface area contributed by atoms with Crippen LogP contribution in [0.5, 0.6) is 5.75 Å². The van der Waals surface area contributed by atoms with Gasteiger partial charge in [0.2, 0.25) is 5.91 Å². The lowest BCUT2D eigenvalue weighted by molar-refractivity contribution is -0.125. The molecule has 3 aromatic carbocycles. The Morgan fingerprint density at radius 3 is 2.32 bits per heavy atom. The van der Waals surface area contributed by atoms with Crippen LogP contribution in [0, 0.1) is 12.8 Å². The Morgan fingerprint density at radius 1 is 0.973 bits per heavy atom. The van der Waals surface area contributed by atoms with Crippen LogP contribution in [0.2, 0.25) is 0 Å². The summed E-state index contributed by atoms with van der Waals surface area (Å²) in [5.41, 5.74) is 4.58. The molecule has 0 aliphatic carbocycles. The van der Waals surface area contributed by atoms with Gasteiger partial charge in [0.1, 0.15) is 5.75 Å². The minimum Gasteiger partial charge on any atom is -0.497 e. The zero-order chi connectivity index (χ0) is 26.7. The van der Waals surface area contributed by atoms with Gasteiger partial charge in [0.05, 0.1) is 19.1 Å². The highest BCUT2D eigenvalue weighted by Gasteiger charge is 2.41. The number of carbonyl (C=O) groups excluding carboxylic acids is 2. The molecule has 1 aliphatic heterocycles. The summed E-state index contributed by atoms with van der Waals surface area (Å²) in [6, 6.07) is 23.2. The number of aryl methyl sites for hydroxylation is 1. The third kappa shape index (κ3) is 5.56. The summed E-state index contributed by atoms with van der Waals surface area (Å²) in [5, 5.41) is 0. The van der Waals surface area contributed by atoms with Gasteiger partial charge in [-0.2, -0.15) is 0 Å². The van der Waals surface area contributed by atoms with Crippen LogP contribution in [0.25, 0.3) is 0 Å². The molecule has 0 spiro atoms. The van der Waals surface area contributed by atoms with E-state index in [0.29, 0.717) is 12.1 Å². The maximum absolute atomic E-state index is 14.1. The second-order valence-electron chi connectivity index (χ2n) is 11.0. The normalized spacial score (nSPS) is 17.8. The number of ether oxygens (including phenoxy) is 1. The fraction of sp³-hybridized carbons (Fsp3) is 0.375. The van der Waals surface area contributed by atoms with E-state index in [-0.39, 0.29) is 29.2 Å². The number of hydrogen-bond donors (Lipinski definition) is 0. The van der Waals surface area contributed by atoms with Crippen molar-refractivity contribution in [2.24, 2.45) is 5.92 Å². The molecule has 0 radical (unpaired) electrons. The van der Waals surface area contributed by atoms with Crippen molar-refractivity contribution in [3.63, 3.8) is 0 Å². The first-order valence-electron chi connectivity index (χ1n) is 13.0. The Morgan fingerprint density at radius 2 is 1.68 bits per heavy atom. The first kappa shape index (κ1) is 26.5. The molecule has 0 aromatic heterocycles. The lowest BCUT2D eigenvalue weighted by atomic mass is 9.82. The quantitative estimate of drug-likeness (QED) is 0.400. The third-order valence-electron chi connectivity index (χ3n) is 7.47. The summed E-state index contributed by atoms with van der Waals surface area (Å²) in [7, 11) is 3.48. The van der Waals surface area contributed by atoms with E-state index in [1.54, 1.807) is 12.0 Å². The monoisotopic (exact) mass is 498 g/mol. The smallest absolute Gasteiger partial charge is 0.254 e. The molecule has 0 bridgehead atoms. The Labute approximate surface area is 221 Å². The number of likely N-dealkylation sites (tertiary alicyclic amines) is 1. The van der Waals surface area contributed by atoms with E-state index >= 15 is 0 Å². The van der Waals surface area contributed by atoms with Gasteiger partial charge in [0.25, 0.3) is 5.91 Å². The number of anilines is 1. The predicted molar refractivity (Wildman–Crippen MR) is 149 cm³/mol. The molecule has 2 amide bonds. The molecule has 0 N–H and O–H groups in total. The first-order chi connectivity index (χ1) is 17.6. The second-order valence-corrected chi connectivity index (χ2v) is 11.0. The van der Waals surface area contributed by atoms with Gasteiger partial charge in [-0.15, -0.1) is 0 Å². The molecular formula is C32H38N2O3. The summed E-state index contributed by atoms with van der Waals surface area (Å²) in [4.78, 5) is 31.6. The number of amides is 2. The lowest BCUT2D eigenvalue weighted by Gasteiger charge is -2.42. The van der Waals surface area contributed by atoms with Gasteiger partial charge < -0.3 is 14.5 Å². The average molecular weight is 499 g/mol. The van der Waals surface area contributed by atoms with Gasteiger partial charge in [0.15, 0.2) is 0 Å². The molecule has 3 aromatic rings. The maximum Gasteiger partial charge on any atom is 0.254 e. The number of piperidine rings is 1. The Kier molecular flexibility index (Phi) is 7.72. The SMILES string of the molecule is COc1ccc([C@H]2[C@@H](C(=O)N(C)c3cccc(C(C)(C)C)c3)CCCN2C(=O)c2ccccc2C)cc1. The van der Waals surface area contributed by atoms with Crippen LogP contribution in [-0.2, 0) is 10.2 Å². The van der Waals surface area contributed by atoms with Gasteiger partial charge in [-0.25, -0.2) is 0 Å². The number of methoxy groups -OCH3 is 1. The van der Waals surface area contributed by atoms with E-state index in [1.807, 2.05) is 79.5 Å². The van der Waals surface area contributed by atoms with Crippen LogP contribution in [0.4, 0.5) is 5.69 Å². The molecule has 4 rings (SSSR count). The van der Waals surface area contributed by atoms with Crippen LogP contribution >= 0.6 is 0 Å². The van der Waals surface area contributed by atoms with Crippen molar-refractivity contribution in [1.82, 2.24) is 4.90 Å². The van der Waals surface area contributed by atoms with Crippen LogP contribution in [0.15, 0.2) is 72.8 Å². The van der Waals surface area contributed by atoms with Crippen molar-refractivity contribution in [1.29, 1.82) is 0 Å². The summed E-state index contributed by atoms with van der Waals surface area (Å²) in [5.74, 6) is 0.372. The highest BCUT2D eigenvalue weighted by molar-refractivity contribution is 5.98. The summed E-state index contributed by atoms with van der Waals surface area (Å²) in [6.07, 6.45) is 1.49. The summed E-state index contributed by atoms with van der Waals surface area (Å²) >= 11 is 0. The van der Waals surface area contributed by atoms with Gasteiger partial charge in [0, 0.05) is 24.8 Å². The van der Waals surface area contributed by atoms with Crippen molar-refractivity contribution in [3.8, 4) is 5.75 Å². The topological polar surface area (TPSA) is 49.9 Å². The second kappa shape index (κ2) is 10.8. The van der Waals surface area contributed by atoms with E-state index in [2.05, 4.69) is 32.9 Å². The molecule has 37 heavy (non-hydrogen) atoms. The van der Waals surface area contributed by atoms with E-state index in [0.717, 1.165) is 35.4 Å². The molecule has 1 saturated heterocycles. The zero-order valence-corrected chi connectivity index (χ0v) is 22.8. The van der Waals surface area contributed by atoms with Crippen molar-refractivity contribution < 1.29 is 14.3 Å². The van der Waals surface area contributed by atoms with Crippen LogP contribution in [-0.4, -0.2) is 37.4 Å². The molecule has 1 heterocycles. The summed E-state index contributed by atoms with van der Waals surface area (Å²) < 4.78 is 5.37. The molecule has 194 valence electrons. The van der Waals surface area contributed by atoms with E-state index < -0.39 is 0 Å². The van der Waals surface area contributed by atoms with E-state index in [1.165, 1.54) is 5.56 Å². The number of hydrogen-bond acceptors (Lipinski definition) is 3. The Bertz CT molecular complexity index is 1260. The van der Waals surface area contributed by atoms with Gasteiger partial charge in [-0.05, 0) is 72.2 Å². The molecule has 5 heteroatoms. The summed E-state index contributed by atoms with van der Waals surface area (Å²) in [6.45, 7) is 9.08. The van der Waals surface area contributed by atoms with Crippen molar-refractivity contribution >= 4 is 17.5 Å². The molecule has 2 atom stereocenters. The van der Waals surface area contributed by atoms with Crippen LogP contribution < -0.4 is 9.64 Å². The molecule has 1 fully saturated rings. The highest BCUT2D eigenvalue weighted by Crippen LogP contribution is 2.39. The molecule has 1 aliphatic rings. The molecular weight excluding hydrogens is 460 g/mol. The van der Waals surface area contributed by atoms with Gasteiger partial charge in [-0.1, -0.05) is 63.2 Å². The minimum absolute atomic E-state index is 0.0207. The van der Waals surface area contributed by atoms with Gasteiger partial charge in [-0.3, -0.25) is 9.59 Å². The number of rotatable bonds is 5. The predicted octanol–water partition coefficient (Wildman–Crippen LogP) is 6.56. The van der Waals surface area contributed by atoms with Gasteiger partial charge >= 0.3 is 0 Å². The Hall–Kier alpha value is -3.60. The number of benzene rings is 3. The largest absolute Gasteiger partial charge is 0.497 e. The fourth-order valence-corrected chi connectivity index (χ4v) is 5.22. The number of carbonyl (C=O) groups is 2. The van der Waals surface area contributed by atoms with E-state index in [4.69, 9.17) is 4.74 Å². The maximum atomic E-state index is 14.1. The molecule has 5 nitrogen and oxygen atoms in total. The average Bonchev–Trinajstić information content (AvgIpc) is 2.91. The molecule has 0 saturated carbocycles. The third-order valence-corrected chi connectivity index (χ3v) is 7.47. The zero-order valence-electron chi connectivity index (χ0n) is 22.8. The van der Waals surface area contributed by atoms with Crippen molar-refractivity contribution in [2.45, 2.75) is 52.0 Å². The van der Waals surface area contributed by atoms with Crippen LogP contribution in [0.1, 0.15) is 66.7 Å². The van der Waals surface area contributed by atoms with E-state index in [9.17, 15) is 9.59 Å². The minimum atomic E-state index is -0.368. The van der Waals surface area contributed by atoms with Crippen molar-refractivity contribution in [2.75, 3.05) is 25.6 Å². The lowest BCUT2D eigenvalue weighted by Crippen LogP contribution is -2.48. The highest BCUT2D eigenvalue weighted by atomic mass is 16.5. The van der Waals surface area contributed by atoms with Crippen molar-refractivity contribution in [3.05, 3.63) is 95.1 Å². The molecule has 0 unspecified atom stereocenters. The first-order valence-corrected chi connectivity index (χ1v) is 13.0. The van der Waals surface area contributed by atoms with Crippen LogP contribution in [0.3, 0.4) is 0 Å². The number of nitrogens with zero attached hydrogens (tertiary/aromatic N) is 2. The fourth-order valence-electron chi connectivity index (χ4n) is 5.22. The standard InChI is InChI=1S/C32H38N2O3/c1-22-11-7-8-14-27(22)31(36)34-20-10-15-28(29(34)23-16-18-26(37-6)19-17-23)30(35)33(5)25-13-9-12-24(21-25)32(2,3)4/h7-9,11-14,16-19,21,28-29H,10,15,20H2,1-6H3/t28-,29-/m0/s1. The Balaban J connectivity index is 1.73.